The Labute approximate surface area is 68.4 Å². The molecule has 0 aromatic carbocycles. The Morgan fingerprint density at radius 2 is 2.36 bits per heavy atom. The molecule has 2 nitrogen and oxygen atoms in total. The summed E-state index contributed by atoms with van der Waals surface area (Å²) < 4.78 is 0. The van der Waals surface area contributed by atoms with Gasteiger partial charge < -0.3 is 5.32 Å². The molecule has 2 heteroatoms. The van der Waals surface area contributed by atoms with Gasteiger partial charge in [0, 0.05) is 6.42 Å². The first-order valence-electron chi connectivity index (χ1n) is 4.60. The van der Waals surface area contributed by atoms with Gasteiger partial charge in [-0.2, -0.15) is 0 Å². The number of ketones is 1. The fraction of sp³-hybridized carbons (Fsp3) is 0.889. The van der Waals surface area contributed by atoms with Crippen LogP contribution in [0.3, 0.4) is 0 Å². The van der Waals surface area contributed by atoms with E-state index in [-0.39, 0.29) is 6.04 Å². The maximum Gasteiger partial charge on any atom is 0.149 e. The highest BCUT2D eigenvalue weighted by molar-refractivity contribution is 5.83. The third-order valence-corrected chi connectivity index (χ3v) is 2.20. The van der Waals surface area contributed by atoms with Crippen molar-refractivity contribution >= 4 is 5.78 Å². The van der Waals surface area contributed by atoms with Crippen LogP contribution >= 0.6 is 0 Å². The summed E-state index contributed by atoms with van der Waals surface area (Å²) in [5, 5.41) is 3.25. The van der Waals surface area contributed by atoms with Crippen molar-refractivity contribution in [3.63, 3.8) is 0 Å². The predicted octanol–water partition coefficient (Wildman–Crippen LogP) is 1.50. The Morgan fingerprint density at radius 1 is 1.55 bits per heavy atom. The first-order chi connectivity index (χ1) is 5.34. The molecule has 11 heavy (non-hydrogen) atoms. The summed E-state index contributed by atoms with van der Waals surface area (Å²) in [7, 11) is 0. The van der Waals surface area contributed by atoms with Crippen molar-refractivity contribution in [3.8, 4) is 0 Å². The van der Waals surface area contributed by atoms with Crippen molar-refractivity contribution in [1.29, 1.82) is 0 Å². The van der Waals surface area contributed by atoms with Gasteiger partial charge in [-0.25, -0.2) is 0 Å². The number of nitrogens with one attached hydrogen (secondary N) is 1. The van der Waals surface area contributed by atoms with Crippen molar-refractivity contribution < 1.29 is 4.79 Å². The standard InChI is InChI=1S/C9H17NO/c1-2-5-9(11)8-6-3-4-7-10-8/h8,10H,2-7H2,1H3/t8-/m1/s1. The predicted molar refractivity (Wildman–Crippen MR) is 45.6 cm³/mol. The highest BCUT2D eigenvalue weighted by Crippen LogP contribution is 2.09. The van der Waals surface area contributed by atoms with Crippen LogP contribution in [0, 0.1) is 0 Å². The van der Waals surface area contributed by atoms with E-state index < -0.39 is 0 Å². The maximum absolute atomic E-state index is 11.3. The van der Waals surface area contributed by atoms with Crippen LogP contribution in [-0.4, -0.2) is 18.4 Å². The first kappa shape index (κ1) is 8.72. The van der Waals surface area contributed by atoms with E-state index in [9.17, 15) is 4.79 Å². The molecule has 0 aliphatic carbocycles. The Hall–Kier alpha value is -0.370. The quantitative estimate of drug-likeness (QED) is 0.669. The molecular formula is C9H17NO. The number of carbonyl (C=O) groups excluding carboxylic acids is 1. The smallest absolute Gasteiger partial charge is 0.149 e. The molecule has 1 aliphatic heterocycles. The molecule has 1 heterocycles. The number of Topliss-reactive ketones (excluding diaryl/α,β-unsaturated/α-hetero) is 1. The SMILES string of the molecule is CCCC(=O)[C@H]1CCCCN1. The van der Waals surface area contributed by atoms with Crippen LogP contribution in [0.4, 0.5) is 0 Å². The van der Waals surface area contributed by atoms with Gasteiger partial charge in [0.1, 0.15) is 5.78 Å². The van der Waals surface area contributed by atoms with E-state index in [0.29, 0.717) is 5.78 Å². The van der Waals surface area contributed by atoms with Gasteiger partial charge in [-0.3, -0.25) is 4.79 Å². The maximum atomic E-state index is 11.3. The fourth-order valence-corrected chi connectivity index (χ4v) is 1.55. The number of rotatable bonds is 3. The third-order valence-electron chi connectivity index (χ3n) is 2.20. The van der Waals surface area contributed by atoms with Crippen LogP contribution < -0.4 is 5.32 Å². The monoisotopic (exact) mass is 155 g/mol. The zero-order valence-electron chi connectivity index (χ0n) is 7.23. The zero-order valence-corrected chi connectivity index (χ0v) is 7.23. The van der Waals surface area contributed by atoms with E-state index in [1.54, 1.807) is 0 Å². The minimum atomic E-state index is 0.184. The summed E-state index contributed by atoms with van der Waals surface area (Å²) in [4.78, 5) is 11.3. The van der Waals surface area contributed by atoms with E-state index >= 15 is 0 Å². The second-order valence-electron chi connectivity index (χ2n) is 3.22. The van der Waals surface area contributed by atoms with E-state index in [1.165, 1.54) is 12.8 Å². The molecule has 1 atom stereocenters. The van der Waals surface area contributed by atoms with Gasteiger partial charge in [0.25, 0.3) is 0 Å². The molecule has 0 bridgehead atoms. The Kier molecular flexibility index (Phi) is 3.57. The molecule has 64 valence electrons. The number of piperidine rings is 1. The van der Waals surface area contributed by atoms with Crippen LogP contribution in [0.1, 0.15) is 39.0 Å². The molecule has 0 aromatic rings. The lowest BCUT2D eigenvalue weighted by molar-refractivity contribution is -0.121. The van der Waals surface area contributed by atoms with Gasteiger partial charge in [-0.05, 0) is 25.8 Å². The average Bonchev–Trinajstić information content (AvgIpc) is 2.07. The highest BCUT2D eigenvalue weighted by atomic mass is 16.1. The molecule has 0 aromatic heterocycles. The lowest BCUT2D eigenvalue weighted by Gasteiger charge is -2.21. The molecule has 1 fully saturated rings. The van der Waals surface area contributed by atoms with Crippen LogP contribution in [0.2, 0.25) is 0 Å². The lowest BCUT2D eigenvalue weighted by atomic mass is 9.99. The van der Waals surface area contributed by atoms with Crippen LogP contribution in [0.15, 0.2) is 0 Å². The molecule has 0 spiro atoms. The molecule has 0 radical (unpaired) electrons. The normalized spacial score (nSPS) is 25.0. The van der Waals surface area contributed by atoms with Gasteiger partial charge in [0.05, 0.1) is 6.04 Å². The van der Waals surface area contributed by atoms with Gasteiger partial charge in [-0.15, -0.1) is 0 Å². The minimum absolute atomic E-state index is 0.184. The number of hydrogen-bond acceptors (Lipinski definition) is 2. The van der Waals surface area contributed by atoms with Crippen molar-refractivity contribution in [1.82, 2.24) is 5.32 Å². The number of hydrogen-bond donors (Lipinski definition) is 1. The van der Waals surface area contributed by atoms with Crippen LogP contribution in [0.25, 0.3) is 0 Å². The van der Waals surface area contributed by atoms with Gasteiger partial charge in [0.2, 0.25) is 0 Å². The van der Waals surface area contributed by atoms with E-state index in [2.05, 4.69) is 12.2 Å². The van der Waals surface area contributed by atoms with E-state index in [0.717, 1.165) is 25.8 Å². The summed E-state index contributed by atoms with van der Waals surface area (Å²) in [6.07, 6.45) is 5.23. The topological polar surface area (TPSA) is 29.1 Å². The van der Waals surface area contributed by atoms with Crippen molar-refractivity contribution in [2.75, 3.05) is 6.54 Å². The molecule has 0 saturated carbocycles. The molecule has 1 rings (SSSR count). The van der Waals surface area contributed by atoms with Crippen molar-refractivity contribution in [2.24, 2.45) is 0 Å². The highest BCUT2D eigenvalue weighted by Gasteiger charge is 2.18. The molecule has 0 unspecified atom stereocenters. The Balaban J connectivity index is 2.27. The molecule has 0 amide bonds. The Bertz CT molecular complexity index is 128. The molecule has 1 saturated heterocycles. The van der Waals surface area contributed by atoms with Crippen LogP contribution in [0.5, 0.6) is 0 Å². The summed E-state index contributed by atoms with van der Waals surface area (Å²) >= 11 is 0. The largest absolute Gasteiger partial charge is 0.307 e. The third kappa shape index (κ3) is 2.62. The van der Waals surface area contributed by atoms with Gasteiger partial charge >= 0.3 is 0 Å². The Morgan fingerprint density at radius 3 is 2.91 bits per heavy atom. The minimum Gasteiger partial charge on any atom is -0.307 e. The fourth-order valence-electron chi connectivity index (χ4n) is 1.55. The van der Waals surface area contributed by atoms with Crippen LogP contribution in [-0.2, 0) is 4.79 Å². The van der Waals surface area contributed by atoms with E-state index in [1.807, 2.05) is 0 Å². The molecular weight excluding hydrogens is 138 g/mol. The van der Waals surface area contributed by atoms with Gasteiger partial charge in [-0.1, -0.05) is 13.3 Å². The average molecular weight is 155 g/mol. The second-order valence-corrected chi connectivity index (χ2v) is 3.22. The second kappa shape index (κ2) is 4.50. The summed E-state index contributed by atoms with van der Waals surface area (Å²) in [6.45, 7) is 3.08. The molecule has 1 N–H and O–H groups in total. The summed E-state index contributed by atoms with van der Waals surface area (Å²) in [5.41, 5.74) is 0. The van der Waals surface area contributed by atoms with Gasteiger partial charge in [0.15, 0.2) is 0 Å². The summed E-state index contributed by atoms with van der Waals surface area (Å²) in [5.74, 6) is 0.409. The molecule has 1 aliphatic rings. The van der Waals surface area contributed by atoms with Crippen molar-refractivity contribution in [2.45, 2.75) is 45.1 Å². The zero-order chi connectivity index (χ0) is 8.10. The first-order valence-corrected chi connectivity index (χ1v) is 4.60. The summed E-state index contributed by atoms with van der Waals surface area (Å²) in [6, 6.07) is 0.184. The van der Waals surface area contributed by atoms with Crippen molar-refractivity contribution in [3.05, 3.63) is 0 Å². The van der Waals surface area contributed by atoms with E-state index in [4.69, 9.17) is 0 Å². The lowest BCUT2D eigenvalue weighted by Crippen LogP contribution is -2.40. The number of carbonyl (C=O) groups is 1.